The number of sulfonamides is 1. The van der Waals surface area contributed by atoms with E-state index in [0.29, 0.717) is 12.4 Å². The van der Waals surface area contributed by atoms with E-state index in [2.05, 4.69) is 5.32 Å². The number of hydrogen-bond acceptors (Lipinski definition) is 6. The molecule has 3 aromatic rings. The maximum absolute atomic E-state index is 14.8. The predicted octanol–water partition coefficient (Wildman–Crippen LogP) is 6.01. The largest absolute Gasteiger partial charge is 0.494 e. The van der Waals surface area contributed by atoms with Crippen molar-refractivity contribution >= 4 is 39.3 Å². The Labute approximate surface area is 264 Å². The first-order valence-electron chi connectivity index (χ1n) is 14.9. The molecule has 1 N–H and O–H groups in total. The van der Waals surface area contributed by atoms with Gasteiger partial charge in [-0.3, -0.25) is 13.9 Å². The Balaban J connectivity index is 1.69. The normalized spacial score (nSPS) is 14.5. The van der Waals surface area contributed by atoms with E-state index in [1.165, 1.54) is 34.9 Å². The highest BCUT2D eigenvalue weighted by Gasteiger charge is 2.33. The number of nitrogens with zero attached hydrogens (tertiary/aromatic N) is 2. The summed E-state index contributed by atoms with van der Waals surface area (Å²) in [6.45, 7) is 3.07. The van der Waals surface area contributed by atoms with Gasteiger partial charge in [-0.15, -0.1) is 11.8 Å². The lowest BCUT2D eigenvalue weighted by molar-refractivity contribution is -0.139. The summed E-state index contributed by atoms with van der Waals surface area (Å²) in [6, 6.07) is 17.9. The highest BCUT2D eigenvalue weighted by Crippen LogP contribution is 2.28. The highest BCUT2D eigenvalue weighted by atomic mass is 32.2. The lowest BCUT2D eigenvalue weighted by Gasteiger charge is -2.33. The first-order chi connectivity index (χ1) is 21.1. The fourth-order valence-corrected chi connectivity index (χ4v) is 7.06. The van der Waals surface area contributed by atoms with Crippen molar-refractivity contribution in [1.29, 1.82) is 0 Å². The molecule has 11 heteroatoms. The lowest BCUT2D eigenvalue weighted by atomic mass is 9.95. The molecule has 0 heterocycles. The van der Waals surface area contributed by atoms with Gasteiger partial charge in [0.1, 0.15) is 24.2 Å². The third-order valence-corrected chi connectivity index (χ3v) is 10.3. The number of halogens is 1. The third-order valence-electron chi connectivity index (χ3n) is 7.78. The molecule has 1 aliphatic rings. The molecule has 0 aliphatic heterocycles. The van der Waals surface area contributed by atoms with Crippen LogP contribution in [0, 0.1) is 5.82 Å². The van der Waals surface area contributed by atoms with E-state index >= 15 is 0 Å². The first kappa shape index (κ1) is 33.3. The van der Waals surface area contributed by atoms with Crippen molar-refractivity contribution in [2.75, 3.05) is 23.7 Å². The molecule has 8 nitrogen and oxygen atoms in total. The molecule has 236 valence electrons. The summed E-state index contributed by atoms with van der Waals surface area (Å²) in [7, 11) is -4.22. The second-order valence-electron chi connectivity index (χ2n) is 10.7. The van der Waals surface area contributed by atoms with Crippen LogP contribution in [0.5, 0.6) is 5.75 Å². The molecule has 1 fully saturated rings. The van der Waals surface area contributed by atoms with Gasteiger partial charge in [0.25, 0.3) is 10.0 Å². The second-order valence-corrected chi connectivity index (χ2v) is 13.5. The average Bonchev–Trinajstić information content (AvgIpc) is 3.04. The summed E-state index contributed by atoms with van der Waals surface area (Å²) >= 11 is 1.48. The van der Waals surface area contributed by atoms with Crippen LogP contribution < -0.4 is 14.4 Å². The number of rotatable bonds is 13. The standard InChI is InChI=1S/C33H40FN3O5S2/c1-4-42-28-16-14-27(15-17-28)37(44(40,41)30-20-18-29(43-3)19-21-30)23-32(38)36(22-25-10-8-9-13-31(25)34)24(2)33(39)35-26-11-6-5-7-12-26/h8-10,13-21,24,26H,4-7,11-12,22-23H2,1-3H3,(H,35,39)/t24-/m0/s1. The monoisotopic (exact) mass is 641 g/mol. The maximum Gasteiger partial charge on any atom is 0.264 e. The molecule has 1 saturated carbocycles. The Kier molecular flexibility index (Phi) is 11.7. The van der Waals surface area contributed by atoms with Gasteiger partial charge in [0.05, 0.1) is 17.2 Å². The summed E-state index contributed by atoms with van der Waals surface area (Å²) in [4.78, 5) is 29.7. The van der Waals surface area contributed by atoms with Crippen LogP contribution in [0.4, 0.5) is 10.1 Å². The molecule has 1 atom stereocenters. The van der Waals surface area contributed by atoms with Crippen LogP contribution in [0.3, 0.4) is 0 Å². The zero-order valence-electron chi connectivity index (χ0n) is 25.4. The Morgan fingerprint density at radius 2 is 1.66 bits per heavy atom. The Hall–Kier alpha value is -3.57. The van der Waals surface area contributed by atoms with Crippen LogP contribution in [0.2, 0.25) is 0 Å². The topological polar surface area (TPSA) is 96.0 Å². The highest BCUT2D eigenvalue weighted by molar-refractivity contribution is 7.98. The summed E-state index contributed by atoms with van der Waals surface area (Å²) in [5.41, 5.74) is 0.474. The number of anilines is 1. The van der Waals surface area contributed by atoms with Crippen LogP contribution in [0.15, 0.2) is 82.6 Å². The quantitative estimate of drug-likeness (QED) is 0.230. The molecule has 1 aliphatic carbocycles. The molecule has 2 amide bonds. The summed E-state index contributed by atoms with van der Waals surface area (Å²) < 4.78 is 49.5. The fraction of sp³-hybridized carbons (Fsp3) is 0.394. The minimum absolute atomic E-state index is 0.00843. The average molecular weight is 642 g/mol. The summed E-state index contributed by atoms with van der Waals surface area (Å²) in [5, 5.41) is 3.05. The molecule has 0 unspecified atom stereocenters. The molecule has 0 spiro atoms. The van der Waals surface area contributed by atoms with E-state index in [-0.39, 0.29) is 34.6 Å². The van der Waals surface area contributed by atoms with Crippen molar-refractivity contribution in [3.05, 3.63) is 84.2 Å². The van der Waals surface area contributed by atoms with Gasteiger partial charge in [-0.05, 0) is 87.5 Å². The number of hydrogen-bond donors (Lipinski definition) is 1. The second kappa shape index (κ2) is 15.4. The Morgan fingerprint density at radius 1 is 1.00 bits per heavy atom. The number of nitrogens with one attached hydrogen (secondary N) is 1. The van der Waals surface area contributed by atoms with E-state index in [1.807, 2.05) is 13.2 Å². The zero-order chi connectivity index (χ0) is 31.7. The molecule has 3 aromatic carbocycles. The summed E-state index contributed by atoms with van der Waals surface area (Å²) in [6.07, 6.45) is 6.77. The molecule has 0 saturated heterocycles. The number of carbonyl (C=O) groups is 2. The molecular formula is C33H40FN3O5S2. The fourth-order valence-electron chi connectivity index (χ4n) is 5.24. The minimum atomic E-state index is -4.22. The van der Waals surface area contributed by atoms with Crippen molar-refractivity contribution in [3.8, 4) is 5.75 Å². The van der Waals surface area contributed by atoms with Gasteiger partial charge < -0.3 is 15.0 Å². The van der Waals surface area contributed by atoms with Crippen LogP contribution in [-0.4, -0.2) is 56.6 Å². The van der Waals surface area contributed by atoms with E-state index in [1.54, 1.807) is 61.5 Å². The van der Waals surface area contributed by atoms with Crippen LogP contribution >= 0.6 is 11.8 Å². The molecule has 0 aromatic heterocycles. The molecule has 44 heavy (non-hydrogen) atoms. The van der Waals surface area contributed by atoms with Crippen molar-refractivity contribution < 1.29 is 27.1 Å². The maximum atomic E-state index is 14.8. The van der Waals surface area contributed by atoms with E-state index in [9.17, 15) is 22.4 Å². The zero-order valence-corrected chi connectivity index (χ0v) is 27.0. The van der Waals surface area contributed by atoms with Gasteiger partial charge >= 0.3 is 0 Å². The molecule has 0 radical (unpaired) electrons. The van der Waals surface area contributed by atoms with Crippen molar-refractivity contribution in [2.45, 2.75) is 74.4 Å². The van der Waals surface area contributed by atoms with E-state index in [0.717, 1.165) is 41.3 Å². The Morgan fingerprint density at radius 3 is 2.27 bits per heavy atom. The van der Waals surface area contributed by atoms with Crippen molar-refractivity contribution in [1.82, 2.24) is 10.2 Å². The van der Waals surface area contributed by atoms with Gasteiger partial charge in [-0.25, -0.2) is 12.8 Å². The number of ether oxygens (including phenoxy) is 1. The van der Waals surface area contributed by atoms with Crippen LogP contribution in [0.1, 0.15) is 51.5 Å². The van der Waals surface area contributed by atoms with Crippen molar-refractivity contribution in [2.24, 2.45) is 0 Å². The third kappa shape index (κ3) is 8.32. The van der Waals surface area contributed by atoms with E-state index < -0.39 is 34.3 Å². The number of carbonyl (C=O) groups excluding carboxylic acids is 2. The molecular weight excluding hydrogens is 602 g/mol. The Bertz CT molecular complexity index is 1510. The molecule has 0 bridgehead atoms. The predicted molar refractivity (Wildman–Crippen MR) is 172 cm³/mol. The SMILES string of the molecule is CCOc1ccc(N(CC(=O)N(Cc2ccccc2F)[C@@H](C)C(=O)NC2CCCCC2)S(=O)(=O)c2ccc(SC)cc2)cc1. The van der Waals surface area contributed by atoms with Gasteiger partial charge in [-0.2, -0.15) is 0 Å². The van der Waals surface area contributed by atoms with Gasteiger partial charge in [0, 0.05) is 23.0 Å². The lowest BCUT2D eigenvalue weighted by Crippen LogP contribution is -2.53. The number of thioether (sulfide) groups is 1. The molecule has 4 rings (SSSR count). The van der Waals surface area contributed by atoms with Crippen LogP contribution in [0.25, 0.3) is 0 Å². The van der Waals surface area contributed by atoms with Gasteiger partial charge in [0.15, 0.2) is 0 Å². The first-order valence-corrected chi connectivity index (χ1v) is 17.5. The smallest absolute Gasteiger partial charge is 0.264 e. The van der Waals surface area contributed by atoms with Gasteiger partial charge in [0.2, 0.25) is 11.8 Å². The number of amides is 2. The van der Waals surface area contributed by atoms with Crippen LogP contribution in [-0.2, 0) is 26.2 Å². The van der Waals surface area contributed by atoms with E-state index in [4.69, 9.17) is 4.74 Å². The minimum Gasteiger partial charge on any atom is -0.494 e. The summed E-state index contributed by atoms with van der Waals surface area (Å²) in [5.74, 6) is -0.962. The van der Waals surface area contributed by atoms with Gasteiger partial charge in [-0.1, -0.05) is 37.5 Å². The van der Waals surface area contributed by atoms with Crippen molar-refractivity contribution in [3.63, 3.8) is 0 Å². The number of benzene rings is 3.